The van der Waals surface area contributed by atoms with Crippen LogP contribution in [0.3, 0.4) is 0 Å². The van der Waals surface area contributed by atoms with E-state index in [0.717, 1.165) is 38.5 Å². The Bertz CT molecular complexity index is 867. The fraction of sp³-hybridized carbons (Fsp3) is 0.963. The first kappa shape index (κ1) is 58.9. The molecule has 60 heavy (non-hydrogen) atoms. The van der Waals surface area contributed by atoms with Crippen LogP contribution < -0.4 is 5.32 Å². The molecule has 0 aliphatic rings. The molecule has 0 aromatic heterocycles. The van der Waals surface area contributed by atoms with Crippen LogP contribution in [-0.4, -0.2) is 46.9 Å². The van der Waals surface area contributed by atoms with Crippen molar-refractivity contribution in [2.45, 2.75) is 328 Å². The number of aliphatic hydroxyl groups is 2. The zero-order valence-electron chi connectivity index (χ0n) is 40.9. The van der Waals surface area contributed by atoms with E-state index in [0.29, 0.717) is 19.3 Å². The Morgan fingerprint density at radius 1 is 0.417 bits per heavy atom. The highest BCUT2D eigenvalue weighted by molar-refractivity contribution is 5.77. The summed E-state index contributed by atoms with van der Waals surface area (Å²) >= 11 is 0. The van der Waals surface area contributed by atoms with Crippen LogP contribution in [0.15, 0.2) is 0 Å². The smallest absolute Gasteiger partial charge is 0.306 e. The van der Waals surface area contributed by atoms with Crippen molar-refractivity contribution < 1.29 is 24.5 Å². The summed E-state index contributed by atoms with van der Waals surface area (Å²) in [5, 5.41) is 23.8. The van der Waals surface area contributed by atoms with E-state index in [-0.39, 0.29) is 24.9 Å². The summed E-state index contributed by atoms with van der Waals surface area (Å²) in [5.41, 5.74) is 0. The molecule has 0 radical (unpaired) electrons. The highest BCUT2D eigenvalue weighted by atomic mass is 16.5. The molecular formula is C54H107NO5. The minimum Gasteiger partial charge on any atom is -0.462 e. The fourth-order valence-corrected chi connectivity index (χ4v) is 8.79. The van der Waals surface area contributed by atoms with Gasteiger partial charge in [0.05, 0.1) is 25.2 Å². The van der Waals surface area contributed by atoms with Crippen LogP contribution in [0.1, 0.15) is 310 Å². The fourth-order valence-electron chi connectivity index (χ4n) is 8.79. The van der Waals surface area contributed by atoms with E-state index < -0.39 is 18.2 Å². The monoisotopic (exact) mass is 850 g/mol. The van der Waals surface area contributed by atoms with Crippen molar-refractivity contribution in [3.05, 3.63) is 0 Å². The molecule has 0 spiro atoms. The number of hydrogen-bond acceptors (Lipinski definition) is 5. The first-order chi connectivity index (χ1) is 29.5. The molecule has 0 fully saturated rings. The number of amides is 1. The molecule has 0 aromatic carbocycles. The molecule has 3 atom stereocenters. The standard InChI is InChI=1S/C54H107NO5/c1-4-7-10-13-16-19-22-25-26-27-28-29-32-35-38-41-44-47-54(59)60-50(45-42-39-36-33-30-23-20-17-14-11-8-5-2)48-53(58)55-51(49-56)52(57)46-43-40-37-34-31-24-21-18-15-12-9-6-3/h50-52,56-57H,4-49H2,1-3H3,(H,55,58). The quantitative estimate of drug-likeness (QED) is 0.0419. The van der Waals surface area contributed by atoms with Crippen LogP contribution in [0.4, 0.5) is 0 Å². The number of nitrogens with one attached hydrogen (secondary N) is 1. The van der Waals surface area contributed by atoms with E-state index in [1.54, 1.807) is 0 Å². The Hall–Kier alpha value is -1.14. The van der Waals surface area contributed by atoms with E-state index in [1.807, 2.05) is 0 Å². The predicted molar refractivity (Wildman–Crippen MR) is 260 cm³/mol. The van der Waals surface area contributed by atoms with E-state index in [9.17, 15) is 19.8 Å². The lowest BCUT2D eigenvalue weighted by Crippen LogP contribution is -2.46. The minimum atomic E-state index is -0.779. The molecule has 3 N–H and O–H groups in total. The Morgan fingerprint density at radius 3 is 1.02 bits per heavy atom. The maximum Gasteiger partial charge on any atom is 0.306 e. The molecule has 0 aliphatic carbocycles. The van der Waals surface area contributed by atoms with Gasteiger partial charge in [-0.25, -0.2) is 0 Å². The number of aliphatic hydroxyl groups excluding tert-OH is 2. The first-order valence-corrected chi connectivity index (χ1v) is 27.3. The highest BCUT2D eigenvalue weighted by Crippen LogP contribution is 2.19. The third-order valence-corrected chi connectivity index (χ3v) is 12.9. The highest BCUT2D eigenvalue weighted by Gasteiger charge is 2.24. The summed E-state index contributed by atoms with van der Waals surface area (Å²) in [6, 6.07) is -0.692. The Labute approximate surface area is 375 Å². The van der Waals surface area contributed by atoms with Gasteiger partial charge in [0.25, 0.3) is 0 Å². The molecule has 0 saturated heterocycles. The molecule has 0 heterocycles. The topological polar surface area (TPSA) is 95.9 Å². The van der Waals surface area contributed by atoms with Gasteiger partial charge in [0.15, 0.2) is 0 Å². The molecule has 6 heteroatoms. The number of unbranched alkanes of at least 4 members (excludes halogenated alkanes) is 38. The van der Waals surface area contributed by atoms with Gasteiger partial charge in [-0.2, -0.15) is 0 Å². The Morgan fingerprint density at radius 2 is 0.700 bits per heavy atom. The Kier molecular flexibility index (Phi) is 48.0. The predicted octanol–water partition coefficient (Wildman–Crippen LogP) is 16.4. The van der Waals surface area contributed by atoms with Gasteiger partial charge in [-0.3, -0.25) is 9.59 Å². The van der Waals surface area contributed by atoms with Crippen molar-refractivity contribution in [3.8, 4) is 0 Å². The molecule has 0 saturated carbocycles. The van der Waals surface area contributed by atoms with Gasteiger partial charge in [-0.1, -0.05) is 271 Å². The molecule has 358 valence electrons. The molecule has 0 aliphatic heterocycles. The number of esters is 1. The summed E-state index contributed by atoms with van der Waals surface area (Å²) in [7, 11) is 0. The Balaban J connectivity index is 4.46. The first-order valence-electron chi connectivity index (χ1n) is 27.3. The molecule has 3 unspecified atom stereocenters. The minimum absolute atomic E-state index is 0.0879. The molecule has 0 aromatic rings. The second-order valence-corrected chi connectivity index (χ2v) is 19.0. The van der Waals surface area contributed by atoms with Crippen LogP contribution in [0, 0.1) is 0 Å². The van der Waals surface area contributed by atoms with Gasteiger partial charge < -0.3 is 20.3 Å². The molecular weight excluding hydrogens is 743 g/mol. The van der Waals surface area contributed by atoms with Crippen LogP contribution >= 0.6 is 0 Å². The van der Waals surface area contributed by atoms with Gasteiger partial charge in [0, 0.05) is 6.42 Å². The maximum atomic E-state index is 13.2. The van der Waals surface area contributed by atoms with E-state index >= 15 is 0 Å². The largest absolute Gasteiger partial charge is 0.462 e. The van der Waals surface area contributed by atoms with Gasteiger partial charge in [-0.05, 0) is 25.7 Å². The number of carbonyl (C=O) groups is 2. The summed E-state index contributed by atoms with van der Waals surface area (Å²) in [5.74, 6) is -0.448. The number of rotatable bonds is 50. The lowest BCUT2D eigenvalue weighted by Gasteiger charge is -2.24. The summed E-state index contributed by atoms with van der Waals surface area (Å²) in [6.45, 7) is 6.52. The van der Waals surface area contributed by atoms with Crippen molar-refractivity contribution in [1.82, 2.24) is 5.32 Å². The molecule has 0 bridgehead atoms. The normalized spacial score (nSPS) is 13.1. The zero-order chi connectivity index (χ0) is 43.8. The maximum absolute atomic E-state index is 13.2. The SMILES string of the molecule is CCCCCCCCCCCCCCCCCCCC(=O)OC(CCCCCCCCCCCCCC)CC(=O)NC(CO)C(O)CCCCCCCCCCCCCC. The summed E-state index contributed by atoms with van der Waals surface area (Å²) in [6.07, 6.45) is 53.1. The van der Waals surface area contributed by atoms with Crippen molar-refractivity contribution in [2.24, 2.45) is 0 Å². The third kappa shape index (κ3) is 43.5. The van der Waals surface area contributed by atoms with E-state index in [2.05, 4.69) is 26.1 Å². The van der Waals surface area contributed by atoms with Crippen LogP contribution in [0.5, 0.6) is 0 Å². The average molecular weight is 850 g/mol. The van der Waals surface area contributed by atoms with Gasteiger partial charge in [-0.15, -0.1) is 0 Å². The van der Waals surface area contributed by atoms with Crippen molar-refractivity contribution >= 4 is 11.9 Å². The van der Waals surface area contributed by atoms with Crippen molar-refractivity contribution in [1.29, 1.82) is 0 Å². The summed E-state index contributed by atoms with van der Waals surface area (Å²) in [4.78, 5) is 26.2. The lowest BCUT2D eigenvalue weighted by atomic mass is 10.0. The van der Waals surface area contributed by atoms with Crippen LogP contribution in [-0.2, 0) is 14.3 Å². The van der Waals surface area contributed by atoms with Crippen LogP contribution in [0.25, 0.3) is 0 Å². The second-order valence-electron chi connectivity index (χ2n) is 19.0. The van der Waals surface area contributed by atoms with Crippen molar-refractivity contribution in [3.63, 3.8) is 0 Å². The van der Waals surface area contributed by atoms with Crippen LogP contribution in [0.2, 0.25) is 0 Å². The van der Waals surface area contributed by atoms with Crippen molar-refractivity contribution in [2.75, 3.05) is 6.61 Å². The average Bonchev–Trinajstić information content (AvgIpc) is 3.24. The number of ether oxygens (including phenoxy) is 1. The van der Waals surface area contributed by atoms with Gasteiger partial charge in [0.1, 0.15) is 6.10 Å². The third-order valence-electron chi connectivity index (χ3n) is 12.9. The molecule has 6 nitrogen and oxygen atoms in total. The van der Waals surface area contributed by atoms with E-state index in [4.69, 9.17) is 4.74 Å². The van der Waals surface area contributed by atoms with Gasteiger partial charge in [0.2, 0.25) is 5.91 Å². The molecule has 1 amide bonds. The molecule has 0 rings (SSSR count). The lowest BCUT2D eigenvalue weighted by molar-refractivity contribution is -0.151. The zero-order valence-corrected chi connectivity index (χ0v) is 40.9. The van der Waals surface area contributed by atoms with Gasteiger partial charge >= 0.3 is 5.97 Å². The summed E-state index contributed by atoms with van der Waals surface area (Å²) < 4.78 is 5.95. The number of hydrogen-bond donors (Lipinski definition) is 3. The number of carbonyl (C=O) groups excluding carboxylic acids is 2. The second kappa shape index (κ2) is 48.9. The van der Waals surface area contributed by atoms with E-state index in [1.165, 1.54) is 225 Å².